The molecular formula is C25H22O2S64. The highest BCUT2D eigenvalue weighted by Gasteiger charge is 2.43. The van der Waals surface area contributed by atoms with Gasteiger partial charge in [0.15, 0.2) is 6.29 Å². The summed E-state index contributed by atoms with van der Waals surface area (Å²) < 4.78 is 6.21. The van der Waals surface area contributed by atoms with Gasteiger partial charge in [-0.15, -0.1) is 0 Å². The highest BCUT2D eigenvalue weighted by Crippen LogP contribution is 2.47. The van der Waals surface area contributed by atoms with Crippen molar-refractivity contribution < 1.29 is 9.53 Å². The predicted octanol–water partition coefficient (Wildman–Crippen LogP) is 5.40. The van der Waals surface area contributed by atoms with Crippen LogP contribution in [-0.2, 0) is 589 Å². The average molecular weight is 2410 g/mol. The summed E-state index contributed by atoms with van der Waals surface area (Å²) in [6.07, 6.45) is 0.881. The number of hydrogen-bond donors (Lipinski definition) is 0. The highest BCUT2D eigenvalue weighted by atomic mass is 33.5. The standard InChI is InChI=1S/C25H22O2.S64/c1-24(2)22-14-20(21(16-26)15-23(22)25(3,4)27-24)12-10-17-9-11-18-7-5-6-8-19(18)13-17;1-3-5-7-9-11-13-15-17-19-21-23-25-27-29-31-33-35-37-39-41-43-45-47-49-51-53-55-57-59-61-63-64-62-60-58-56-54-52-50-48-46-44-42-40-38-36-34-32-30-28-26-24-22-20-18-16-14-12-10-8-6-4-2/h5-9,11,13-16H,1-4H3;. The minimum Gasteiger partial charge on any atom is -0.360 e. The van der Waals surface area contributed by atoms with Gasteiger partial charge < -0.3 is 4.74 Å². The Bertz CT molecular complexity index is 6170. The molecule has 0 saturated heterocycles. The largest absolute Gasteiger partial charge is 0.360 e. The van der Waals surface area contributed by atoms with Crippen LogP contribution in [0.2, 0.25) is 0 Å². The molecule has 1 aliphatic rings. The van der Waals surface area contributed by atoms with E-state index in [-0.39, 0.29) is 0 Å². The maximum atomic E-state index is 11.7. The van der Waals surface area contributed by atoms with Gasteiger partial charge in [0, 0.05) is 590 Å². The average Bonchev–Trinajstić information content (AvgIpc) is 1.65. The molecule has 91 heavy (non-hydrogen) atoms. The van der Waals surface area contributed by atoms with Crippen molar-refractivity contribution in [2.45, 2.75) is 38.9 Å². The van der Waals surface area contributed by atoms with E-state index in [2.05, 4.69) is 50.0 Å². The second-order valence-electron chi connectivity index (χ2n) is 12.3. The van der Waals surface area contributed by atoms with Crippen molar-refractivity contribution >= 4 is 590 Å². The molecule has 518 valence electrons. The summed E-state index contributed by atoms with van der Waals surface area (Å²) in [7, 11) is 111. The van der Waals surface area contributed by atoms with E-state index in [1.165, 1.54) is 23.1 Å². The Hall–Kier alpha value is 11.2. The summed E-state index contributed by atoms with van der Waals surface area (Å²) in [5, 5.41) is 2.35. The molecule has 4 rings (SSSR count). The van der Waals surface area contributed by atoms with Crippen LogP contribution >= 0.6 is 0 Å². The normalized spacial score (nSPS) is 10.4. The van der Waals surface area contributed by atoms with Gasteiger partial charge in [0.2, 0.25) is 0 Å². The van der Waals surface area contributed by atoms with Crippen LogP contribution in [0.4, 0.5) is 0 Å². The summed E-state index contributed by atoms with van der Waals surface area (Å²) in [4.78, 5) is 11.7. The first-order chi connectivity index (χ1) is 44.7. The van der Waals surface area contributed by atoms with Crippen LogP contribution in [0, 0.1) is 11.8 Å². The van der Waals surface area contributed by atoms with Crippen molar-refractivity contribution in [2.24, 2.45) is 0 Å². The van der Waals surface area contributed by atoms with E-state index in [0.29, 0.717) is 5.56 Å². The maximum absolute atomic E-state index is 11.7. The first kappa shape index (κ1) is 96.4. The van der Waals surface area contributed by atoms with Crippen LogP contribution in [0.3, 0.4) is 0 Å². The third-order valence-corrected chi connectivity index (χ3v) is 142. The lowest BCUT2D eigenvalue weighted by molar-refractivity contribution is -0.105. The van der Waals surface area contributed by atoms with Gasteiger partial charge in [0.05, 0.1) is 11.2 Å². The van der Waals surface area contributed by atoms with Crippen LogP contribution < -0.4 is 0 Å². The Morgan fingerprint density at radius 1 is 0.297 bits per heavy atom. The zero-order valence-electron chi connectivity index (χ0n) is 42.2. The molecule has 0 unspecified atom stereocenters. The predicted molar refractivity (Wildman–Crippen MR) is 580 cm³/mol. The van der Waals surface area contributed by atoms with E-state index in [1.807, 2.05) is 470 Å². The van der Waals surface area contributed by atoms with E-state index in [1.54, 1.807) is 107 Å². The second-order valence-corrected chi connectivity index (χ2v) is 122. The highest BCUT2D eigenvalue weighted by molar-refractivity contribution is 8.83. The molecule has 0 aliphatic carbocycles. The van der Waals surface area contributed by atoms with Gasteiger partial charge in [-0.25, -0.2) is 0 Å². The fourth-order valence-electron chi connectivity index (χ4n) is 4.65. The second kappa shape index (κ2) is 71.5. The maximum Gasteiger partial charge on any atom is 0.151 e. The molecule has 0 atom stereocenters. The molecule has 0 spiro atoms. The molecule has 0 aromatic heterocycles. The van der Waals surface area contributed by atoms with Gasteiger partial charge in [-0.1, -0.05) is 42.2 Å². The fourth-order valence-corrected chi connectivity index (χ4v) is 169. The molecule has 3 aromatic carbocycles. The number of carbonyl (C=O) groups excluding carboxylic acids is 1. The molecule has 0 bridgehead atoms. The van der Waals surface area contributed by atoms with Crippen molar-refractivity contribution in [1.82, 2.24) is 0 Å². The molecule has 66 heteroatoms. The van der Waals surface area contributed by atoms with Gasteiger partial charge in [-0.05, 0) is 73.9 Å². The van der Waals surface area contributed by atoms with E-state index in [4.69, 9.17) is 27.1 Å². The molecule has 0 fully saturated rings. The molecule has 0 radical (unpaired) electrons. The molecule has 1 aliphatic heterocycles. The number of carbonyl (C=O) groups is 1. The van der Waals surface area contributed by atoms with Crippen molar-refractivity contribution in [3.05, 3.63) is 82.4 Å². The molecule has 3 aromatic rings. The number of hydrogen-bond acceptors (Lipinski definition) is 4. The third-order valence-electron chi connectivity index (χ3n) is 6.91. The quantitative estimate of drug-likeness (QED) is 0.241. The molecule has 0 saturated carbocycles. The van der Waals surface area contributed by atoms with Crippen LogP contribution in [0.5, 0.6) is 0 Å². The lowest BCUT2D eigenvalue weighted by atomic mass is 9.87. The lowest BCUT2D eigenvalue weighted by Gasteiger charge is -2.24. The molecular weight excluding hydrogens is 2380 g/mol. The van der Waals surface area contributed by atoms with E-state index < -0.39 is 11.2 Å². The Labute approximate surface area is 713 Å². The van der Waals surface area contributed by atoms with Gasteiger partial charge >= 0.3 is 0 Å². The monoisotopic (exact) mass is 2400 g/mol. The third kappa shape index (κ3) is 56.1. The van der Waals surface area contributed by atoms with Gasteiger partial charge in [0.25, 0.3) is 0 Å². The summed E-state index contributed by atoms with van der Waals surface area (Å²) in [5.41, 5.74) is 3.62. The van der Waals surface area contributed by atoms with Gasteiger partial charge in [-0.3, -0.25) is 4.79 Å². The first-order valence-electron chi connectivity index (χ1n) is 19.7. The Morgan fingerprint density at radius 2 is 0.527 bits per heavy atom. The van der Waals surface area contributed by atoms with Crippen molar-refractivity contribution in [3.8, 4) is 11.8 Å². The number of ether oxygens (including phenoxy) is 1. The zero-order valence-corrected chi connectivity index (χ0v) is 94.5. The summed E-state index contributed by atoms with van der Waals surface area (Å²) in [5.74, 6) is 6.42. The molecule has 1 heterocycles. The topological polar surface area (TPSA) is 26.3 Å². The Balaban J connectivity index is 0.000000651. The molecule has 2 nitrogen and oxygen atoms in total. The summed E-state index contributed by atoms with van der Waals surface area (Å²) in [6.45, 7) is 8.19. The van der Waals surface area contributed by atoms with Gasteiger partial charge in [0.1, 0.15) is 0 Å². The minimum absolute atomic E-state index is 0.403. The first-order valence-corrected chi connectivity index (χ1v) is 104. The summed E-state index contributed by atoms with van der Waals surface area (Å²) in [6, 6.07) is 18.3. The fraction of sp³-hybridized carbons (Fsp3) is 0.240. The summed E-state index contributed by atoms with van der Waals surface area (Å²) >= 11 is 9.64. The van der Waals surface area contributed by atoms with Crippen molar-refractivity contribution in [3.63, 3.8) is 0 Å². The van der Waals surface area contributed by atoms with Crippen LogP contribution in [0.25, 0.3) is 10.8 Å². The van der Waals surface area contributed by atoms with Crippen LogP contribution in [-0.4, -0.2) is 6.29 Å². The minimum atomic E-state index is -0.416. The number of aldehydes is 1. The number of rotatable bonds is 1. The van der Waals surface area contributed by atoms with Crippen LogP contribution in [0.15, 0.2) is 54.6 Å². The van der Waals surface area contributed by atoms with Crippen molar-refractivity contribution in [1.29, 1.82) is 0 Å². The smallest absolute Gasteiger partial charge is 0.151 e. The lowest BCUT2D eigenvalue weighted by Crippen LogP contribution is -2.22. The molecule has 0 amide bonds. The number of fused-ring (bicyclic) bond motifs is 2. The van der Waals surface area contributed by atoms with Crippen LogP contribution in [0.1, 0.15) is 60.3 Å². The Kier molecular flexibility index (Phi) is 75.7. The molecule has 0 N–H and O–H groups in total. The van der Waals surface area contributed by atoms with Gasteiger partial charge in [-0.2, -0.15) is 0 Å². The number of benzene rings is 3. The Morgan fingerprint density at radius 3 is 0.769 bits per heavy atom. The zero-order chi connectivity index (χ0) is 65.1. The van der Waals surface area contributed by atoms with E-state index >= 15 is 0 Å². The van der Waals surface area contributed by atoms with E-state index in [0.717, 1.165) is 33.9 Å². The van der Waals surface area contributed by atoms with E-state index in [9.17, 15) is 4.79 Å². The van der Waals surface area contributed by atoms with Crippen molar-refractivity contribution in [2.75, 3.05) is 0 Å². The SMILES string of the molecule is CC1(C)OC(C)(C)c2cc(C=O)c(C#Cc3ccc4ccccc4c3)cc21.S=S=S=S=S=S=S=S=S=S=S=S=S=S=S=S=S=S=S=S=S=S=S=S=S=S=S=S=S=S=S=S=S=S=S=S=S=S=S=S=S=S=S=S=S=S=S=S=S=S=S=S=S=S=S=S=S=S=S=S=S=S=S=S.